The molecule has 2 heterocycles. The van der Waals surface area contributed by atoms with Gasteiger partial charge in [0.05, 0.1) is 31.1 Å². The van der Waals surface area contributed by atoms with Crippen LogP contribution in [-0.2, 0) is 22.4 Å². The quantitative estimate of drug-likeness (QED) is 0.0964. The Balaban J connectivity index is 1.07. The topological polar surface area (TPSA) is 118 Å². The molecule has 4 aromatic carbocycles. The van der Waals surface area contributed by atoms with Crippen molar-refractivity contribution in [3.63, 3.8) is 0 Å². The fourth-order valence-corrected chi connectivity index (χ4v) is 6.48. The Kier molecular flexibility index (Phi) is 8.34. The molecule has 0 fully saturated rings. The number of aryl methyl sites for hydroxylation is 2. The second-order valence-electron chi connectivity index (χ2n) is 11.7. The van der Waals surface area contributed by atoms with E-state index in [-0.39, 0.29) is 17.7 Å². The first-order chi connectivity index (χ1) is 21.8. The molecule has 0 aliphatic carbocycles. The van der Waals surface area contributed by atoms with Gasteiger partial charge in [0.15, 0.2) is 11.5 Å². The number of hydrogen-bond donors (Lipinski definition) is 2. The van der Waals surface area contributed by atoms with E-state index in [1.807, 2.05) is 62.4 Å². The van der Waals surface area contributed by atoms with Gasteiger partial charge in [0.25, 0.3) is 0 Å². The van der Waals surface area contributed by atoms with Gasteiger partial charge in [-0.15, -0.1) is 0 Å². The van der Waals surface area contributed by atoms with Crippen LogP contribution in [0.2, 0.25) is 0 Å². The third-order valence-electron chi connectivity index (χ3n) is 8.81. The molecule has 2 aliphatic rings. The van der Waals surface area contributed by atoms with Gasteiger partial charge in [-0.3, -0.25) is 14.6 Å². The van der Waals surface area contributed by atoms with Gasteiger partial charge < -0.3 is 30.1 Å². The number of ether oxygens (including phenoxy) is 2. The van der Waals surface area contributed by atoms with Crippen molar-refractivity contribution in [2.24, 2.45) is 4.99 Å². The number of nitrogens with zero attached hydrogens (tertiary/aromatic N) is 3. The number of anilines is 3. The molecule has 1 atom stereocenters. The third kappa shape index (κ3) is 5.78. The molecule has 9 heteroatoms. The molecule has 0 spiro atoms. The summed E-state index contributed by atoms with van der Waals surface area (Å²) >= 11 is 0. The van der Waals surface area contributed by atoms with Crippen molar-refractivity contribution in [3.8, 4) is 17.2 Å². The Labute approximate surface area is 262 Å². The number of carbonyl (C=O) groups excluding carboxylic acids is 2. The van der Waals surface area contributed by atoms with E-state index in [2.05, 4.69) is 0 Å². The number of amides is 2. The molecule has 0 saturated heterocycles. The number of carbonyl (C=O) groups is 2. The summed E-state index contributed by atoms with van der Waals surface area (Å²) in [4.78, 5) is 33.3. The SMILES string of the molecule is COc1cc(C)c(/N=C\[C@@H]2Cc3ccc(N)cc3N2C=O)cc1OCCCCC(=O)N1CCc2c1cc(O)c1cccc(C)c21. The Morgan fingerprint density at radius 2 is 1.91 bits per heavy atom. The van der Waals surface area contributed by atoms with Crippen LogP contribution >= 0.6 is 0 Å². The minimum atomic E-state index is -0.211. The van der Waals surface area contributed by atoms with Crippen LogP contribution in [0.5, 0.6) is 17.2 Å². The van der Waals surface area contributed by atoms with Crippen molar-refractivity contribution in [1.82, 2.24) is 0 Å². The second kappa shape index (κ2) is 12.5. The number of hydrogen-bond acceptors (Lipinski definition) is 7. The van der Waals surface area contributed by atoms with E-state index in [0.717, 1.165) is 62.9 Å². The van der Waals surface area contributed by atoms with Crippen molar-refractivity contribution < 1.29 is 24.2 Å². The predicted octanol–water partition coefficient (Wildman–Crippen LogP) is 6.18. The highest BCUT2D eigenvalue weighted by molar-refractivity contribution is 6.04. The van der Waals surface area contributed by atoms with Gasteiger partial charge in [0.2, 0.25) is 12.3 Å². The van der Waals surface area contributed by atoms with Crippen molar-refractivity contribution >= 4 is 52.1 Å². The molecule has 9 nitrogen and oxygen atoms in total. The molecule has 45 heavy (non-hydrogen) atoms. The minimum Gasteiger partial charge on any atom is -0.507 e. The molecule has 6 rings (SSSR count). The van der Waals surface area contributed by atoms with E-state index in [9.17, 15) is 14.7 Å². The van der Waals surface area contributed by atoms with E-state index >= 15 is 0 Å². The van der Waals surface area contributed by atoms with Crippen LogP contribution in [0.25, 0.3) is 10.8 Å². The number of phenolic OH excluding ortho intramolecular Hbond substituents is 1. The van der Waals surface area contributed by atoms with Crippen LogP contribution < -0.4 is 25.0 Å². The van der Waals surface area contributed by atoms with E-state index < -0.39 is 0 Å². The number of fused-ring (bicyclic) bond motifs is 4. The maximum Gasteiger partial charge on any atom is 0.227 e. The van der Waals surface area contributed by atoms with Gasteiger partial charge in [0, 0.05) is 54.5 Å². The summed E-state index contributed by atoms with van der Waals surface area (Å²) in [6.45, 7) is 5.02. The average molecular weight is 607 g/mol. The lowest BCUT2D eigenvalue weighted by atomic mass is 9.97. The molecule has 0 radical (unpaired) electrons. The molecule has 232 valence electrons. The summed E-state index contributed by atoms with van der Waals surface area (Å²) in [5.41, 5.74) is 13.1. The number of phenols is 1. The number of unbranched alkanes of at least 4 members (excludes halogenated alkanes) is 1. The van der Waals surface area contributed by atoms with Crippen LogP contribution in [0.15, 0.2) is 59.6 Å². The highest BCUT2D eigenvalue weighted by Crippen LogP contribution is 2.41. The highest BCUT2D eigenvalue weighted by Gasteiger charge is 2.29. The first kappa shape index (κ1) is 30.0. The minimum absolute atomic E-state index is 0.0479. The van der Waals surface area contributed by atoms with E-state index in [1.165, 1.54) is 0 Å². The average Bonchev–Trinajstić information content (AvgIpc) is 3.61. The van der Waals surface area contributed by atoms with Gasteiger partial charge >= 0.3 is 0 Å². The standard InChI is InChI=1S/C36H38N4O5/c1-22-7-6-8-28-32(42)19-31-27(36(22)28)12-13-39(31)35(43)9-4-5-14-45-34-18-29(23(2)15-33(34)44-3)38-20-26-16-24-10-11-25(37)17-30(24)40(26)21-41/h6-8,10-11,15,17-21,26,42H,4-5,9,12-14,16,37H2,1-3H3/b38-20-/t26-/m0/s1. The molecule has 2 amide bonds. The van der Waals surface area contributed by atoms with Gasteiger partial charge in [-0.1, -0.05) is 24.3 Å². The summed E-state index contributed by atoms with van der Waals surface area (Å²) < 4.78 is 11.7. The maximum atomic E-state index is 13.2. The summed E-state index contributed by atoms with van der Waals surface area (Å²) in [7, 11) is 1.60. The first-order valence-corrected chi connectivity index (χ1v) is 15.3. The Morgan fingerprint density at radius 1 is 1.07 bits per heavy atom. The smallest absolute Gasteiger partial charge is 0.227 e. The zero-order valence-electron chi connectivity index (χ0n) is 25.9. The molecule has 0 bridgehead atoms. The molecule has 4 aromatic rings. The normalized spacial score (nSPS) is 15.5. The zero-order valence-corrected chi connectivity index (χ0v) is 25.9. The van der Waals surface area contributed by atoms with Crippen molar-refractivity contribution in [3.05, 3.63) is 76.9 Å². The Hall–Kier alpha value is -5.05. The van der Waals surface area contributed by atoms with Crippen LogP contribution in [-0.4, -0.2) is 49.9 Å². The van der Waals surface area contributed by atoms with Crippen molar-refractivity contribution in [2.45, 2.75) is 52.0 Å². The first-order valence-electron chi connectivity index (χ1n) is 15.3. The lowest BCUT2D eigenvalue weighted by molar-refractivity contribution is -0.118. The molecule has 0 unspecified atom stereocenters. The van der Waals surface area contributed by atoms with Gasteiger partial charge in [-0.2, -0.15) is 0 Å². The molecular weight excluding hydrogens is 568 g/mol. The fraction of sp³-hybridized carbons (Fsp3) is 0.306. The molecular formula is C36H38N4O5. The summed E-state index contributed by atoms with van der Waals surface area (Å²) in [5.74, 6) is 1.43. The van der Waals surface area contributed by atoms with E-state index in [4.69, 9.17) is 20.2 Å². The van der Waals surface area contributed by atoms with Crippen LogP contribution in [0, 0.1) is 13.8 Å². The predicted molar refractivity (Wildman–Crippen MR) is 179 cm³/mol. The Morgan fingerprint density at radius 3 is 2.71 bits per heavy atom. The second-order valence-corrected chi connectivity index (χ2v) is 11.7. The highest BCUT2D eigenvalue weighted by atomic mass is 16.5. The van der Waals surface area contributed by atoms with Crippen LogP contribution in [0.3, 0.4) is 0 Å². The number of nitrogens with two attached hydrogens (primary N) is 1. The Bertz CT molecular complexity index is 1820. The molecule has 2 aliphatic heterocycles. The molecule has 3 N–H and O–H groups in total. The summed E-state index contributed by atoms with van der Waals surface area (Å²) in [5, 5.41) is 12.5. The number of aliphatic imine (C=N–C) groups is 1. The summed E-state index contributed by atoms with van der Waals surface area (Å²) in [6.07, 6.45) is 5.78. The molecule has 0 saturated carbocycles. The third-order valence-corrected chi connectivity index (χ3v) is 8.81. The number of methoxy groups -OCH3 is 1. The largest absolute Gasteiger partial charge is 0.507 e. The monoisotopic (exact) mass is 606 g/mol. The lowest BCUT2D eigenvalue weighted by Gasteiger charge is -2.19. The number of aromatic hydroxyl groups is 1. The van der Waals surface area contributed by atoms with E-state index in [1.54, 1.807) is 29.2 Å². The zero-order chi connectivity index (χ0) is 31.7. The van der Waals surface area contributed by atoms with Gasteiger partial charge in [0.1, 0.15) is 5.75 Å². The fourth-order valence-electron chi connectivity index (χ4n) is 6.48. The summed E-state index contributed by atoms with van der Waals surface area (Å²) in [6, 6.07) is 16.8. The van der Waals surface area contributed by atoms with Gasteiger partial charge in [-0.05, 0) is 78.9 Å². The van der Waals surface area contributed by atoms with Crippen molar-refractivity contribution in [1.29, 1.82) is 0 Å². The van der Waals surface area contributed by atoms with E-state index in [0.29, 0.717) is 56.0 Å². The van der Waals surface area contributed by atoms with Gasteiger partial charge in [-0.25, -0.2) is 0 Å². The van der Waals surface area contributed by atoms with Crippen LogP contribution in [0.4, 0.5) is 22.7 Å². The number of benzene rings is 4. The molecule has 0 aromatic heterocycles. The van der Waals surface area contributed by atoms with Crippen molar-refractivity contribution in [2.75, 3.05) is 35.8 Å². The number of rotatable bonds is 10. The lowest BCUT2D eigenvalue weighted by Crippen LogP contribution is -2.31. The maximum absolute atomic E-state index is 13.2. The number of nitrogen functional groups attached to an aromatic ring is 1. The van der Waals surface area contributed by atoms with Crippen LogP contribution in [0.1, 0.15) is 41.5 Å².